The van der Waals surface area contributed by atoms with Gasteiger partial charge < -0.3 is 20.6 Å². The number of carboxylic acid groups (broad SMARTS) is 1. The number of amides is 2. The third-order valence-electron chi connectivity index (χ3n) is 5.63. The third-order valence-corrected chi connectivity index (χ3v) is 5.63. The van der Waals surface area contributed by atoms with Gasteiger partial charge in [0, 0.05) is 25.6 Å². The molecule has 2 atom stereocenters. The summed E-state index contributed by atoms with van der Waals surface area (Å²) in [5.41, 5.74) is 0. The fourth-order valence-corrected chi connectivity index (χ4v) is 3.90. The SMILES string of the molecule is CCC(CC(=O)O)NC(=O)[C@@H]1CCCN(C(=O)CCC2CCNCC2)C1. The Balaban J connectivity index is 1.78. The van der Waals surface area contributed by atoms with Gasteiger partial charge in [-0.3, -0.25) is 14.4 Å². The van der Waals surface area contributed by atoms with Crippen LogP contribution in [0.15, 0.2) is 0 Å². The van der Waals surface area contributed by atoms with Gasteiger partial charge in [0.15, 0.2) is 0 Å². The molecule has 0 aliphatic carbocycles. The summed E-state index contributed by atoms with van der Waals surface area (Å²) < 4.78 is 0. The summed E-state index contributed by atoms with van der Waals surface area (Å²) in [5, 5.41) is 15.1. The van der Waals surface area contributed by atoms with E-state index >= 15 is 0 Å². The van der Waals surface area contributed by atoms with Gasteiger partial charge in [-0.2, -0.15) is 0 Å². The van der Waals surface area contributed by atoms with E-state index in [1.807, 2.05) is 11.8 Å². The van der Waals surface area contributed by atoms with Crippen LogP contribution >= 0.6 is 0 Å². The number of aliphatic carboxylic acids is 1. The molecule has 0 aromatic rings. The molecule has 148 valence electrons. The predicted octanol–water partition coefficient (Wildman–Crippen LogP) is 1.37. The van der Waals surface area contributed by atoms with Crippen LogP contribution < -0.4 is 10.6 Å². The number of hydrogen-bond donors (Lipinski definition) is 3. The first kappa shape index (κ1) is 20.7. The van der Waals surface area contributed by atoms with E-state index in [0.29, 0.717) is 25.3 Å². The van der Waals surface area contributed by atoms with Crippen molar-refractivity contribution in [3.05, 3.63) is 0 Å². The lowest BCUT2D eigenvalue weighted by Gasteiger charge is -2.33. The second-order valence-corrected chi connectivity index (χ2v) is 7.62. The smallest absolute Gasteiger partial charge is 0.305 e. The van der Waals surface area contributed by atoms with Crippen molar-refractivity contribution in [2.24, 2.45) is 11.8 Å². The maximum atomic E-state index is 12.5. The lowest BCUT2D eigenvalue weighted by molar-refractivity contribution is -0.138. The number of carbonyl (C=O) groups is 3. The highest BCUT2D eigenvalue weighted by atomic mass is 16.4. The zero-order chi connectivity index (χ0) is 18.9. The molecule has 2 fully saturated rings. The Morgan fingerprint density at radius 3 is 2.62 bits per heavy atom. The monoisotopic (exact) mass is 367 g/mol. The summed E-state index contributed by atoms with van der Waals surface area (Å²) in [6.07, 6.45) is 5.89. The number of piperidine rings is 2. The molecule has 0 radical (unpaired) electrons. The van der Waals surface area contributed by atoms with Gasteiger partial charge in [-0.25, -0.2) is 0 Å². The zero-order valence-electron chi connectivity index (χ0n) is 15.8. The minimum absolute atomic E-state index is 0.0617. The first-order chi connectivity index (χ1) is 12.5. The van der Waals surface area contributed by atoms with Crippen LogP contribution in [0.5, 0.6) is 0 Å². The molecule has 0 spiro atoms. The lowest BCUT2D eigenvalue weighted by atomic mass is 9.92. The van der Waals surface area contributed by atoms with Crippen molar-refractivity contribution in [1.29, 1.82) is 0 Å². The van der Waals surface area contributed by atoms with E-state index in [9.17, 15) is 14.4 Å². The van der Waals surface area contributed by atoms with Crippen LogP contribution in [0.1, 0.15) is 58.3 Å². The topological polar surface area (TPSA) is 98.7 Å². The second kappa shape index (κ2) is 10.5. The minimum atomic E-state index is -0.907. The van der Waals surface area contributed by atoms with E-state index in [1.165, 1.54) is 0 Å². The van der Waals surface area contributed by atoms with Crippen molar-refractivity contribution in [2.45, 2.75) is 64.3 Å². The van der Waals surface area contributed by atoms with Gasteiger partial charge in [-0.15, -0.1) is 0 Å². The van der Waals surface area contributed by atoms with Crippen molar-refractivity contribution in [3.8, 4) is 0 Å². The maximum absolute atomic E-state index is 12.5. The average molecular weight is 367 g/mol. The van der Waals surface area contributed by atoms with Gasteiger partial charge >= 0.3 is 5.97 Å². The van der Waals surface area contributed by atoms with Gasteiger partial charge in [-0.1, -0.05) is 6.92 Å². The number of nitrogens with zero attached hydrogens (tertiary/aromatic N) is 1. The van der Waals surface area contributed by atoms with E-state index in [0.717, 1.165) is 51.7 Å². The molecule has 2 aliphatic heterocycles. The number of likely N-dealkylation sites (tertiary alicyclic amines) is 1. The summed E-state index contributed by atoms with van der Waals surface area (Å²) in [6, 6.07) is -0.342. The zero-order valence-corrected chi connectivity index (χ0v) is 15.8. The largest absolute Gasteiger partial charge is 0.481 e. The molecule has 3 N–H and O–H groups in total. The van der Waals surface area contributed by atoms with E-state index in [4.69, 9.17) is 5.11 Å². The lowest BCUT2D eigenvalue weighted by Crippen LogP contribution is -2.48. The Hall–Kier alpha value is -1.63. The van der Waals surface area contributed by atoms with Gasteiger partial charge in [0.05, 0.1) is 12.3 Å². The van der Waals surface area contributed by atoms with E-state index < -0.39 is 5.97 Å². The first-order valence-corrected chi connectivity index (χ1v) is 10.00. The van der Waals surface area contributed by atoms with E-state index in [1.54, 1.807) is 0 Å². The van der Waals surface area contributed by atoms with Crippen LogP contribution in [0.25, 0.3) is 0 Å². The van der Waals surface area contributed by atoms with Crippen molar-refractivity contribution < 1.29 is 19.5 Å². The Morgan fingerprint density at radius 1 is 1.23 bits per heavy atom. The molecular formula is C19H33N3O4. The number of rotatable bonds is 8. The molecule has 0 saturated carbocycles. The quantitative estimate of drug-likeness (QED) is 0.602. The number of carboxylic acids is 1. The summed E-state index contributed by atoms with van der Waals surface area (Å²) in [7, 11) is 0. The summed E-state index contributed by atoms with van der Waals surface area (Å²) in [4.78, 5) is 37.7. The Labute approximate surface area is 155 Å². The molecule has 2 amide bonds. The normalized spacial score (nSPS) is 22.7. The fraction of sp³-hybridized carbons (Fsp3) is 0.842. The van der Waals surface area contributed by atoms with Crippen LogP contribution in [-0.4, -0.2) is 60.0 Å². The van der Waals surface area contributed by atoms with Gasteiger partial charge in [0.2, 0.25) is 11.8 Å². The van der Waals surface area contributed by atoms with Crippen LogP contribution in [0.3, 0.4) is 0 Å². The number of carbonyl (C=O) groups excluding carboxylic acids is 2. The molecule has 0 aromatic heterocycles. The van der Waals surface area contributed by atoms with Crippen LogP contribution in [0.2, 0.25) is 0 Å². The highest BCUT2D eigenvalue weighted by molar-refractivity contribution is 5.82. The van der Waals surface area contributed by atoms with Crippen molar-refractivity contribution >= 4 is 17.8 Å². The van der Waals surface area contributed by atoms with E-state index in [-0.39, 0.29) is 30.2 Å². The standard InChI is InChI=1S/C19H33N3O4/c1-2-16(12-18(24)25)21-19(26)15-4-3-11-22(13-15)17(23)6-5-14-7-9-20-10-8-14/h14-16,20H,2-13H2,1H3,(H,21,26)(H,24,25)/t15-,16?/m1/s1. The molecule has 2 rings (SSSR count). The highest BCUT2D eigenvalue weighted by Gasteiger charge is 2.29. The fourth-order valence-electron chi connectivity index (χ4n) is 3.90. The Bertz CT molecular complexity index is 491. The minimum Gasteiger partial charge on any atom is -0.481 e. The predicted molar refractivity (Wildman–Crippen MR) is 98.6 cm³/mol. The maximum Gasteiger partial charge on any atom is 0.305 e. The van der Waals surface area contributed by atoms with Crippen molar-refractivity contribution in [1.82, 2.24) is 15.5 Å². The van der Waals surface area contributed by atoms with Crippen LogP contribution in [0, 0.1) is 11.8 Å². The highest BCUT2D eigenvalue weighted by Crippen LogP contribution is 2.21. The van der Waals surface area contributed by atoms with Crippen LogP contribution in [-0.2, 0) is 14.4 Å². The van der Waals surface area contributed by atoms with Crippen molar-refractivity contribution in [3.63, 3.8) is 0 Å². The molecule has 7 heteroatoms. The molecular weight excluding hydrogens is 334 g/mol. The average Bonchev–Trinajstić information content (AvgIpc) is 2.66. The van der Waals surface area contributed by atoms with Gasteiger partial charge in [-0.05, 0) is 57.5 Å². The number of hydrogen-bond acceptors (Lipinski definition) is 4. The first-order valence-electron chi connectivity index (χ1n) is 10.00. The molecule has 2 aliphatic rings. The second-order valence-electron chi connectivity index (χ2n) is 7.62. The molecule has 1 unspecified atom stereocenters. The molecule has 7 nitrogen and oxygen atoms in total. The van der Waals surface area contributed by atoms with E-state index in [2.05, 4.69) is 10.6 Å². The molecule has 0 bridgehead atoms. The van der Waals surface area contributed by atoms with Gasteiger partial charge in [0.25, 0.3) is 0 Å². The summed E-state index contributed by atoms with van der Waals surface area (Å²) in [6.45, 7) is 5.13. The third kappa shape index (κ3) is 6.59. The Kier molecular flexibility index (Phi) is 8.35. The summed E-state index contributed by atoms with van der Waals surface area (Å²) >= 11 is 0. The van der Waals surface area contributed by atoms with Crippen LogP contribution in [0.4, 0.5) is 0 Å². The Morgan fingerprint density at radius 2 is 1.96 bits per heavy atom. The summed E-state index contributed by atoms with van der Waals surface area (Å²) in [5.74, 6) is -0.470. The molecule has 26 heavy (non-hydrogen) atoms. The van der Waals surface area contributed by atoms with Crippen molar-refractivity contribution in [2.75, 3.05) is 26.2 Å². The van der Waals surface area contributed by atoms with Gasteiger partial charge in [0.1, 0.15) is 0 Å². The number of nitrogens with one attached hydrogen (secondary N) is 2. The molecule has 2 saturated heterocycles. The molecule has 2 heterocycles. The molecule has 0 aromatic carbocycles.